The van der Waals surface area contributed by atoms with E-state index in [0.717, 1.165) is 0 Å². The van der Waals surface area contributed by atoms with E-state index in [2.05, 4.69) is 5.10 Å². The average molecular weight is 295 g/mol. The fourth-order valence-electron chi connectivity index (χ4n) is 1.90. The third-order valence-electron chi connectivity index (χ3n) is 2.92. The summed E-state index contributed by atoms with van der Waals surface area (Å²) in [5.41, 5.74) is 0.808. The third kappa shape index (κ3) is 2.63. The van der Waals surface area contributed by atoms with Crippen molar-refractivity contribution in [3.63, 3.8) is 0 Å². The molecule has 5 nitrogen and oxygen atoms in total. The first-order valence-electron chi connectivity index (χ1n) is 6.09. The van der Waals surface area contributed by atoms with Crippen LogP contribution in [0.3, 0.4) is 0 Å². The van der Waals surface area contributed by atoms with Crippen molar-refractivity contribution in [1.82, 2.24) is 9.78 Å². The zero-order valence-electron chi connectivity index (χ0n) is 11.5. The molecule has 0 unspecified atom stereocenters. The zero-order chi connectivity index (χ0) is 14.7. The highest BCUT2D eigenvalue weighted by molar-refractivity contribution is 6.34. The number of aromatic nitrogens is 2. The predicted molar refractivity (Wildman–Crippen MR) is 75.9 cm³/mol. The van der Waals surface area contributed by atoms with Crippen molar-refractivity contribution in [2.45, 2.75) is 13.5 Å². The van der Waals surface area contributed by atoms with Gasteiger partial charge in [-0.1, -0.05) is 11.6 Å². The molecule has 6 heteroatoms. The molecular weight excluding hydrogens is 280 g/mol. The fraction of sp³-hybridized carbons (Fsp3) is 0.286. The number of benzene rings is 1. The Bertz CT molecular complexity index is 615. The highest BCUT2D eigenvalue weighted by atomic mass is 35.5. The summed E-state index contributed by atoms with van der Waals surface area (Å²) in [4.78, 5) is 12.6. The normalized spacial score (nSPS) is 10.4. The van der Waals surface area contributed by atoms with Crippen LogP contribution >= 0.6 is 11.6 Å². The number of hydrogen-bond acceptors (Lipinski definition) is 4. The van der Waals surface area contributed by atoms with Gasteiger partial charge in [0.1, 0.15) is 17.2 Å². The maximum Gasteiger partial charge on any atom is 0.212 e. The van der Waals surface area contributed by atoms with Gasteiger partial charge >= 0.3 is 0 Å². The van der Waals surface area contributed by atoms with E-state index in [1.165, 1.54) is 20.4 Å². The molecule has 106 valence electrons. The lowest BCUT2D eigenvalue weighted by molar-refractivity contribution is 0.102. The molecule has 0 saturated heterocycles. The number of halogens is 1. The third-order valence-corrected chi connectivity index (χ3v) is 3.20. The number of ether oxygens (including phenoxy) is 2. The van der Waals surface area contributed by atoms with Crippen molar-refractivity contribution in [2.24, 2.45) is 0 Å². The maximum atomic E-state index is 12.6. The lowest BCUT2D eigenvalue weighted by Crippen LogP contribution is -2.11. The number of carbonyl (C=O) groups excluding carboxylic acids is 1. The van der Waals surface area contributed by atoms with Crippen LogP contribution in [-0.4, -0.2) is 29.8 Å². The topological polar surface area (TPSA) is 53.4 Å². The van der Waals surface area contributed by atoms with Crippen LogP contribution < -0.4 is 9.47 Å². The van der Waals surface area contributed by atoms with Crippen LogP contribution in [-0.2, 0) is 6.54 Å². The minimum absolute atomic E-state index is 0.216. The van der Waals surface area contributed by atoms with Gasteiger partial charge in [-0.25, -0.2) is 0 Å². The van der Waals surface area contributed by atoms with E-state index in [0.29, 0.717) is 34.3 Å². The number of aryl methyl sites for hydroxylation is 1. The Morgan fingerprint density at radius 2 is 1.85 bits per heavy atom. The van der Waals surface area contributed by atoms with E-state index < -0.39 is 0 Å². The van der Waals surface area contributed by atoms with Gasteiger partial charge in [0.2, 0.25) is 5.78 Å². The van der Waals surface area contributed by atoms with Crippen LogP contribution in [0.1, 0.15) is 23.0 Å². The second-order valence-electron chi connectivity index (χ2n) is 4.09. The van der Waals surface area contributed by atoms with Gasteiger partial charge in [-0.3, -0.25) is 9.48 Å². The quantitative estimate of drug-likeness (QED) is 0.796. The van der Waals surface area contributed by atoms with Gasteiger partial charge in [0.15, 0.2) is 0 Å². The predicted octanol–water partition coefficient (Wildman–Crippen LogP) is 2.80. The van der Waals surface area contributed by atoms with Crippen molar-refractivity contribution >= 4 is 17.4 Å². The number of ketones is 1. The van der Waals surface area contributed by atoms with Gasteiger partial charge in [0.25, 0.3) is 0 Å². The monoisotopic (exact) mass is 294 g/mol. The second-order valence-corrected chi connectivity index (χ2v) is 4.49. The van der Waals surface area contributed by atoms with Crippen molar-refractivity contribution in [1.29, 1.82) is 0 Å². The molecule has 0 atom stereocenters. The lowest BCUT2D eigenvalue weighted by atomic mass is 10.1. The van der Waals surface area contributed by atoms with Gasteiger partial charge in [-0.05, 0) is 19.1 Å². The highest BCUT2D eigenvalue weighted by Crippen LogP contribution is 2.26. The molecule has 0 N–H and O–H groups in total. The molecule has 0 amide bonds. The molecule has 0 aliphatic heterocycles. The Kier molecular flexibility index (Phi) is 4.29. The first-order valence-corrected chi connectivity index (χ1v) is 6.47. The second kappa shape index (κ2) is 5.96. The summed E-state index contributed by atoms with van der Waals surface area (Å²) in [7, 11) is 3.07. The van der Waals surface area contributed by atoms with E-state index in [1.54, 1.807) is 22.9 Å². The maximum absolute atomic E-state index is 12.6. The number of rotatable bonds is 5. The zero-order valence-corrected chi connectivity index (χ0v) is 12.3. The van der Waals surface area contributed by atoms with Crippen molar-refractivity contribution in [2.75, 3.05) is 14.2 Å². The van der Waals surface area contributed by atoms with E-state index in [1.807, 2.05) is 6.92 Å². The fourth-order valence-corrected chi connectivity index (χ4v) is 2.13. The summed E-state index contributed by atoms with van der Waals surface area (Å²) in [6, 6.07) is 5.00. The Labute approximate surface area is 122 Å². The summed E-state index contributed by atoms with van der Waals surface area (Å²) in [5, 5.41) is 4.40. The van der Waals surface area contributed by atoms with Crippen LogP contribution in [0.4, 0.5) is 0 Å². The van der Waals surface area contributed by atoms with E-state index in [9.17, 15) is 4.79 Å². The first-order chi connectivity index (χ1) is 9.60. The van der Waals surface area contributed by atoms with Gasteiger partial charge in [-0.15, -0.1) is 0 Å². The minimum atomic E-state index is -0.216. The molecule has 1 aromatic carbocycles. The number of carbonyl (C=O) groups is 1. The molecule has 0 bridgehead atoms. The largest absolute Gasteiger partial charge is 0.497 e. The van der Waals surface area contributed by atoms with Gasteiger partial charge in [0, 0.05) is 18.2 Å². The smallest absolute Gasteiger partial charge is 0.212 e. The van der Waals surface area contributed by atoms with Crippen LogP contribution in [0.25, 0.3) is 0 Å². The summed E-state index contributed by atoms with van der Waals surface area (Å²) in [5.74, 6) is 0.879. The van der Waals surface area contributed by atoms with E-state index in [-0.39, 0.29) is 5.78 Å². The van der Waals surface area contributed by atoms with Crippen molar-refractivity contribution in [3.8, 4) is 11.5 Å². The van der Waals surface area contributed by atoms with Crippen molar-refractivity contribution < 1.29 is 14.3 Å². The molecule has 20 heavy (non-hydrogen) atoms. The summed E-state index contributed by atoms with van der Waals surface area (Å²) in [6.45, 7) is 2.46. The Balaban J connectivity index is 2.50. The molecular formula is C14H15ClN2O3. The molecule has 2 rings (SSSR count). The van der Waals surface area contributed by atoms with Gasteiger partial charge < -0.3 is 9.47 Å². The minimum Gasteiger partial charge on any atom is -0.497 e. The molecule has 0 spiro atoms. The molecule has 0 aliphatic carbocycles. The standard InChI is InChI=1S/C14H15ClN2O3/c1-4-17-13(12(15)8-16-17)14(18)9-5-10(19-2)7-11(6-9)20-3/h5-8H,4H2,1-3H3. The highest BCUT2D eigenvalue weighted by Gasteiger charge is 2.20. The number of nitrogens with zero attached hydrogens (tertiary/aromatic N) is 2. The van der Waals surface area contributed by atoms with Crippen LogP contribution in [0, 0.1) is 0 Å². The molecule has 0 saturated carbocycles. The number of hydrogen-bond donors (Lipinski definition) is 0. The van der Waals surface area contributed by atoms with Crippen molar-refractivity contribution in [3.05, 3.63) is 40.7 Å². The van der Waals surface area contributed by atoms with Gasteiger partial charge in [0.05, 0.1) is 25.4 Å². The van der Waals surface area contributed by atoms with Crippen LogP contribution in [0.2, 0.25) is 5.02 Å². The molecule has 1 heterocycles. The Morgan fingerprint density at radius 1 is 1.25 bits per heavy atom. The summed E-state index contributed by atoms with van der Waals surface area (Å²) >= 11 is 6.05. The van der Waals surface area contributed by atoms with Gasteiger partial charge in [-0.2, -0.15) is 5.10 Å². The Morgan fingerprint density at radius 3 is 2.35 bits per heavy atom. The number of methoxy groups -OCH3 is 2. The molecule has 2 aromatic rings. The summed E-state index contributed by atoms with van der Waals surface area (Å²) < 4.78 is 11.9. The van der Waals surface area contributed by atoms with E-state index >= 15 is 0 Å². The average Bonchev–Trinajstić information content (AvgIpc) is 2.86. The molecule has 1 aromatic heterocycles. The molecule has 0 fully saturated rings. The Hall–Kier alpha value is -2.01. The van der Waals surface area contributed by atoms with Crippen LogP contribution in [0.5, 0.6) is 11.5 Å². The lowest BCUT2D eigenvalue weighted by Gasteiger charge is -2.09. The van der Waals surface area contributed by atoms with E-state index in [4.69, 9.17) is 21.1 Å². The molecule has 0 radical (unpaired) electrons. The molecule has 0 aliphatic rings. The summed E-state index contributed by atoms with van der Waals surface area (Å²) in [6.07, 6.45) is 1.47. The SMILES string of the molecule is CCn1ncc(Cl)c1C(=O)c1cc(OC)cc(OC)c1. The first kappa shape index (κ1) is 14.4. The van der Waals surface area contributed by atoms with Crippen LogP contribution in [0.15, 0.2) is 24.4 Å².